The molecule has 1 aliphatic heterocycles. The lowest BCUT2D eigenvalue weighted by Crippen LogP contribution is -2.20. The molecule has 0 saturated heterocycles. The van der Waals surface area contributed by atoms with Gasteiger partial charge in [0.15, 0.2) is 5.13 Å². The van der Waals surface area contributed by atoms with Crippen molar-refractivity contribution in [1.29, 1.82) is 0 Å². The third-order valence-electron chi connectivity index (χ3n) is 3.35. The van der Waals surface area contributed by atoms with Crippen LogP contribution in [-0.2, 0) is 0 Å². The molecule has 0 atom stereocenters. The van der Waals surface area contributed by atoms with Gasteiger partial charge in [-0.3, -0.25) is 5.32 Å². The van der Waals surface area contributed by atoms with Gasteiger partial charge in [0.25, 0.3) is 0 Å². The highest BCUT2D eigenvalue weighted by molar-refractivity contribution is 7.22. The van der Waals surface area contributed by atoms with Gasteiger partial charge in [0.05, 0.1) is 11.8 Å². The van der Waals surface area contributed by atoms with Gasteiger partial charge in [-0.25, -0.2) is 9.78 Å². The summed E-state index contributed by atoms with van der Waals surface area (Å²) in [5, 5.41) is 14.8. The number of nitrogens with one attached hydrogen (secondary N) is 2. The molecule has 1 aliphatic rings. The Labute approximate surface area is 125 Å². The van der Waals surface area contributed by atoms with Crippen LogP contribution in [0.25, 0.3) is 15.8 Å². The molecule has 1 aromatic heterocycles. The van der Waals surface area contributed by atoms with Gasteiger partial charge in [-0.1, -0.05) is 17.4 Å². The topological polar surface area (TPSA) is 83.5 Å². The van der Waals surface area contributed by atoms with Crippen LogP contribution in [0, 0.1) is 0 Å². The van der Waals surface area contributed by atoms with E-state index in [0.29, 0.717) is 16.4 Å². The molecule has 6 nitrogen and oxygen atoms in total. The Morgan fingerprint density at radius 2 is 2.38 bits per heavy atom. The normalized spacial score (nSPS) is 14.8. The van der Waals surface area contributed by atoms with Crippen LogP contribution in [-0.4, -0.2) is 36.4 Å². The molecule has 0 radical (unpaired) electrons. The first-order valence-corrected chi connectivity index (χ1v) is 7.38. The van der Waals surface area contributed by atoms with E-state index in [9.17, 15) is 4.79 Å². The van der Waals surface area contributed by atoms with Gasteiger partial charge in [0.2, 0.25) is 0 Å². The number of hydrogen-bond donors (Lipinski definition) is 3. The fourth-order valence-corrected chi connectivity index (χ4v) is 3.43. The number of nitrogens with zero attached hydrogens (tertiary/aromatic N) is 1. The minimum Gasteiger partial charge on any atom is -0.494 e. The van der Waals surface area contributed by atoms with Crippen molar-refractivity contribution in [2.75, 3.05) is 25.5 Å². The van der Waals surface area contributed by atoms with Gasteiger partial charge in [-0.2, -0.15) is 0 Å². The van der Waals surface area contributed by atoms with Crippen LogP contribution in [0.3, 0.4) is 0 Å². The number of carboxylic acid groups (broad SMARTS) is 1. The van der Waals surface area contributed by atoms with Crippen molar-refractivity contribution < 1.29 is 14.6 Å². The summed E-state index contributed by atoms with van der Waals surface area (Å²) in [5.74, 6) is 0.651. The number of methoxy groups -OCH3 is 1. The maximum atomic E-state index is 10.8. The molecule has 0 saturated carbocycles. The average Bonchev–Trinajstić information content (AvgIpc) is 2.89. The van der Waals surface area contributed by atoms with E-state index in [1.165, 1.54) is 16.9 Å². The van der Waals surface area contributed by atoms with Gasteiger partial charge >= 0.3 is 6.09 Å². The van der Waals surface area contributed by atoms with E-state index >= 15 is 0 Å². The SMILES string of the molecule is COc1ccc(C2=CCNCC2)c2sc(NC(=O)O)nc12. The van der Waals surface area contributed by atoms with Crippen LogP contribution in [0.4, 0.5) is 9.93 Å². The summed E-state index contributed by atoms with van der Waals surface area (Å²) in [5.41, 5.74) is 3.05. The third-order valence-corrected chi connectivity index (χ3v) is 4.35. The predicted molar refractivity (Wildman–Crippen MR) is 83.3 cm³/mol. The molecule has 21 heavy (non-hydrogen) atoms. The summed E-state index contributed by atoms with van der Waals surface area (Å²) in [6, 6.07) is 3.89. The van der Waals surface area contributed by atoms with Gasteiger partial charge < -0.3 is 15.2 Å². The first kappa shape index (κ1) is 13.8. The van der Waals surface area contributed by atoms with Crippen molar-refractivity contribution in [2.45, 2.75) is 6.42 Å². The van der Waals surface area contributed by atoms with Crippen LogP contribution in [0.1, 0.15) is 12.0 Å². The van der Waals surface area contributed by atoms with E-state index in [1.807, 2.05) is 12.1 Å². The van der Waals surface area contributed by atoms with Crippen molar-refractivity contribution in [2.24, 2.45) is 0 Å². The van der Waals surface area contributed by atoms with Gasteiger partial charge in [-0.15, -0.1) is 0 Å². The summed E-state index contributed by atoms with van der Waals surface area (Å²) in [7, 11) is 1.59. The van der Waals surface area contributed by atoms with Crippen molar-refractivity contribution in [3.05, 3.63) is 23.8 Å². The number of aromatic nitrogens is 1. The van der Waals surface area contributed by atoms with Crippen molar-refractivity contribution in [1.82, 2.24) is 10.3 Å². The molecule has 3 rings (SSSR count). The van der Waals surface area contributed by atoms with E-state index in [-0.39, 0.29) is 0 Å². The second-order valence-electron chi connectivity index (χ2n) is 4.63. The standard InChI is InChI=1S/C14H15N3O3S/c1-20-10-3-2-9(8-4-6-15-7-5-8)12-11(10)16-13(21-12)17-14(18)19/h2-4,15H,5-7H2,1H3,(H,16,17)(H,18,19). The van der Waals surface area contributed by atoms with Gasteiger partial charge in [0, 0.05) is 6.54 Å². The summed E-state index contributed by atoms with van der Waals surface area (Å²) in [6.45, 7) is 1.79. The highest BCUT2D eigenvalue weighted by Crippen LogP contribution is 2.38. The zero-order chi connectivity index (χ0) is 14.8. The molecule has 2 heterocycles. The van der Waals surface area contributed by atoms with E-state index in [2.05, 4.69) is 21.7 Å². The van der Waals surface area contributed by atoms with Crippen LogP contribution in [0.5, 0.6) is 5.75 Å². The smallest absolute Gasteiger partial charge is 0.410 e. The zero-order valence-electron chi connectivity index (χ0n) is 11.5. The Bertz CT molecular complexity index is 724. The van der Waals surface area contributed by atoms with Crippen LogP contribution < -0.4 is 15.4 Å². The molecule has 0 spiro atoms. The lowest BCUT2D eigenvalue weighted by Gasteiger charge is -2.15. The second kappa shape index (κ2) is 5.71. The van der Waals surface area contributed by atoms with Crippen LogP contribution in [0.2, 0.25) is 0 Å². The number of hydrogen-bond acceptors (Lipinski definition) is 5. The highest BCUT2D eigenvalue weighted by atomic mass is 32.1. The number of ether oxygens (including phenoxy) is 1. The molecule has 2 aromatic rings. The van der Waals surface area contributed by atoms with Crippen molar-refractivity contribution in [3.8, 4) is 5.75 Å². The largest absolute Gasteiger partial charge is 0.494 e. The maximum Gasteiger partial charge on any atom is 0.410 e. The lowest BCUT2D eigenvalue weighted by atomic mass is 10.00. The number of carbonyl (C=O) groups is 1. The fourth-order valence-electron chi connectivity index (χ4n) is 2.41. The summed E-state index contributed by atoms with van der Waals surface area (Å²) >= 11 is 1.33. The number of amides is 1. The highest BCUT2D eigenvalue weighted by Gasteiger charge is 2.17. The molecule has 0 fully saturated rings. The Kier molecular flexibility index (Phi) is 3.76. The van der Waals surface area contributed by atoms with Gasteiger partial charge in [0.1, 0.15) is 11.3 Å². The average molecular weight is 305 g/mol. The Morgan fingerprint density at radius 3 is 3.05 bits per heavy atom. The number of thiazole rings is 1. The van der Waals surface area contributed by atoms with Crippen molar-refractivity contribution in [3.63, 3.8) is 0 Å². The molecule has 1 aromatic carbocycles. The summed E-state index contributed by atoms with van der Waals surface area (Å²) in [4.78, 5) is 15.1. The zero-order valence-corrected chi connectivity index (χ0v) is 12.3. The van der Waals surface area contributed by atoms with E-state index in [1.54, 1.807) is 7.11 Å². The Balaban J connectivity index is 2.14. The van der Waals surface area contributed by atoms with Crippen LogP contribution >= 0.6 is 11.3 Å². The minimum absolute atomic E-state index is 0.359. The Hall–Kier alpha value is -2.12. The summed E-state index contributed by atoms with van der Waals surface area (Å²) in [6.07, 6.45) is 1.99. The van der Waals surface area contributed by atoms with Crippen molar-refractivity contribution >= 4 is 38.4 Å². The maximum absolute atomic E-state index is 10.8. The molecule has 0 unspecified atom stereocenters. The monoisotopic (exact) mass is 305 g/mol. The predicted octanol–water partition coefficient (Wildman–Crippen LogP) is 2.77. The first-order valence-electron chi connectivity index (χ1n) is 6.56. The molecule has 0 bridgehead atoms. The Morgan fingerprint density at radius 1 is 1.52 bits per heavy atom. The second-order valence-corrected chi connectivity index (χ2v) is 5.62. The first-order chi connectivity index (χ1) is 10.2. The number of benzene rings is 1. The van der Waals surface area contributed by atoms with E-state index in [4.69, 9.17) is 9.84 Å². The molecule has 7 heteroatoms. The molecule has 110 valence electrons. The summed E-state index contributed by atoms with van der Waals surface area (Å²) < 4.78 is 6.28. The molecular formula is C14H15N3O3S. The number of fused-ring (bicyclic) bond motifs is 1. The number of rotatable bonds is 3. The molecule has 1 amide bonds. The third kappa shape index (κ3) is 2.70. The van der Waals surface area contributed by atoms with Crippen LogP contribution in [0.15, 0.2) is 18.2 Å². The molecule has 0 aliphatic carbocycles. The molecule has 3 N–H and O–H groups in total. The van der Waals surface area contributed by atoms with Gasteiger partial charge in [-0.05, 0) is 36.2 Å². The lowest BCUT2D eigenvalue weighted by molar-refractivity contribution is 0.209. The quantitative estimate of drug-likeness (QED) is 0.812. The minimum atomic E-state index is -1.12. The number of anilines is 1. The van der Waals surface area contributed by atoms with E-state index in [0.717, 1.165) is 29.8 Å². The fraction of sp³-hybridized carbons (Fsp3) is 0.286. The van der Waals surface area contributed by atoms with E-state index < -0.39 is 6.09 Å². The molecular weight excluding hydrogens is 290 g/mol.